The summed E-state index contributed by atoms with van der Waals surface area (Å²) in [5.41, 5.74) is 0.931. The molecule has 3 atom stereocenters. The molecular weight excluding hydrogens is 190 g/mol. The zero-order valence-electron chi connectivity index (χ0n) is 8.97. The molecule has 1 aromatic heterocycles. The topological polar surface area (TPSA) is 42.4 Å². The minimum Gasteiger partial charge on any atom is -0.390 e. The Labute approximate surface area is 90.1 Å². The van der Waals surface area contributed by atoms with Gasteiger partial charge in [0, 0.05) is 24.4 Å². The number of hydrogen-bond donors (Lipinski definition) is 1. The van der Waals surface area contributed by atoms with Gasteiger partial charge in [-0.2, -0.15) is 0 Å². The van der Waals surface area contributed by atoms with E-state index in [1.165, 1.54) is 0 Å². The van der Waals surface area contributed by atoms with Crippen molar-refractivity contribution >= 4 is 0 Å². The molecule has 0 spiro atoms. The van der Waals surface area contributed by atoms with E-state index in [1.54, 1.807) is 6.20 Å². The van der Waals surface area contributed by atoms with E-state index < -0.39 is 6.10 Å². The smallest absolute Gasteiger partial charge is 0.0882 e. The summed E-state index contributed by atoms with van der Waals surface area (Å²) in [7, 11) is 0. The molecule has 3 nitrogen and oxygen atoms in total. The highest BCUT2D eigenvalue weighted by molar-refractivity contribution is 5.10. The fraction of sp³-hybridized carbons (Fsp3) is 0.583. The summed E-state index contributed by atoms with van der Waals surface area (Å²) >= 11 is 0. The van der Waals surface area contributed by atoms with Crippen molar-refractivity contribution in [3.63, 3.8) is 0 Å². The number of aliphatic hydroxyl groups is 1. The molecule has 0 saturated carbocycles. The molecule has 1 saturated heterocycles. The number of hydrogen-bond acceptors (Lipinski definition) is 3. The van der Waals surface area contributed by atoms with Crippen molar-refractivity contribution in [3.8, 4) is 0 Å². The maximum Gasteiger partial charge on any atom is 0.0882 e. The van der Waals surface area contributed by atoms with Gasteiger partial charge >= 0.3 is 0 Å². The Kier molecular flexibility index (Phi) is 3.34. The van der Waals surface area contributed by atoms with Gasteiger partial charge in [0.2, 0.25) is 0 Å². The van der Waals surface area contributed by atoms with Crippen LogP contribution in [0.25, 0.3) is 0 Å². The molecule has 3 heteroatoms. The lowest BCUT2D eigenvalue weighted by Gasteiger charge is -2.23. The predicted molar refractivity (Wildman–Crippen MR) is 57.6 cm³/mol. The van der Waals surface area contributed by atoms with E-state index in [2.05, 4.69) is 4.98 Å². The van der Waals surface area contributed by atoms with Crippen molar-refractivity contribution in [2.24, 2.45) is 0 Å². The minimum atomic E-state index is -0.442. The van der Waals surface area contributed by atoms with Gasteiger partial charge in [-0.3, -0.25) is 4.98 Å². The van der Waals surface area contributed by atoms with Gasteiger partial charge in [0.15, 0.2) is 0 Å². The van der Waals surface area contributed by atoms with Gasteiger partial charge in [-0.1, -0.05) is 13.0 Å². The normalized spacial score (nSPS) is 25.1. The van der Waals surface area contributed by atoms with Crippen molar-refractivity contribution < 1.29 is 9.84 Å². The first-order valence-corrected chi connectivity index (χ1v) is 5.49. The first kappa shape index (κ1) is 10.6. The molecule has 3 unspecified atom stereocenters. The summed E-state index contributed by atoms with van der Waals surface area (Å²) in [5.74, 6) is 0.0364. The standard InChI is InChI=1S/C12H17NO2/c1-9(10-5-2-3-7-13-10)12(14)11-6-4-8-15-11/h2-3,5,7,9,11-12,14H,4,6,8H2,1H3. The number of pyridine rings is 1. The van der Waals surface area contributed by atoms with Crippen LogP contribution >= 0.6 is 0 Å². The van der Waals surface area contributed by atoms with Crippen LogP contribution in [0.2, 0.25) is 0 Å². The molecule has 2 heterocycles. The zero-order chi connectivity index (χ0) is 10.7. The van der Waals surface area contributed by atoms with E-state index in [0.717, 1.165) is 25.1 Å². The lowest BCUT2D eigenvalue weighted by molar-refractivity contribution is -0.0131. The van der Waals surface area contributed by atoms with Crippen LogP contribution in [0.1, 0.15) is 31.4 Å². The Balaban J connectivity index is 2.03. The Morgan fingerprint density at radius 2 is 2.40 bits per heavy atom. The molecule has 15 heavy (non-hydrogen) atoms. The molecule has 2 rings (SSSR count). The van der Waals surface area contributed by atoms with E-state index >= 15 is 0 Å². The second-order valence-electron chi connectivity index (χ2n) is 4.09. The van der Waals surface area contributed by atoms with E-state index in [9.17, 15) is 5.11 Å². The van der Waals surface area contributed by atoms with Crippen LogP contribution in [0.3, 0.4) is 0 Å². The first-order valence-electron chi connectivity index (χ1n) is 5.49. The third-order valence-electron chi connectivity index (χ3n) is 3.01. The number of nitrogens with zero attached hydrogens (tertiary/aromatic N) is 1. The second kappa shape index (κ2) is 4.73. The lowest BCUT2D eigenvalue weighted by Crippen LogP contribution is -2.30. The molecule has 0 aromatic carbocycles. The van der Waals surface area contributed by atoms with Crippen molar-refractivity contribution in [3.05, 3.63) is 30.1 Å². The van der Waals surface area contributed by atoms with Crippen molar-refractivity contribution in [1.29, 1.82) is 0 Å². The molecule has 0 radical (unpaired) electrons. The van der Waals surface area contributed by atoms with Gasteiger partial charge in [-0.05, 0) is 25.0 Å². The van der Waals surface area contributed by atoms with E-state index in [-0.39, 0.29) is 12.0 Å². The third kappa shape index (κ3) is 2.36. The van der Waals surface area contributed by atoms with E-state index in [4.69, 9.17) is 4.74 Å². The fourth-order valence-electron chi connectivity index (χ4n) is 2.01. The van der Waals surface area contributed by atoms with Crippen LogP contribution in [0.15, 0.2) is 24.4 Å². The van der Waals surface area contributed by atoms with Crippen molar-refractivity contribution in [2.75, 3.05) is 6.61 Å². The number of ether oxygens (including phenoxy) is 1. The Morgan fingerprint density at radius 1 is 1.53 bits per heavy atom. The Bertz CT molecular complexity index is 296. The van der Waals surface area contributed by atoms with Crippen LogP contribution < -0.4 is 0 Å². The maximum atomic E-state index is 10.1. The first-order chi connectivity index (χ1) is 7.29. The van der Waals surface area contributed by atoms with Gasteiger partial charge in [0.25, 0.3) is 0 Å². The summed E-state index contributed by atoms with van der Waals surface area (Å²) in [6.07, 6.45) is 3.31. The highest BCUT2D eigenvalue weighted by atomic mass is 16.5. The monoisotopic (exact) mass is 207 g/mol. The predicted octanol–water partition coefficient (Wildman–Crippen LogP) is 1.72. The molecule has 1 aliphatic rings. The maximum absolute atomic E-state index is 10.1. The van der Waals surface area contributed by atoms with Crippen molar-refractivity contribution in [1.82, 2.24) is 4.98 Å². The molecule has 0 amide bonds. The Hall–Kier alpha value is -0.930. The number of aromatic nitrogens is 1. The molecule has 1 aromatic rings. The number of rotatable bonds is 3. The summed E-state index contributed by atoms with van der Waals surface area (Å²) in [5, 5.41) is 10.1. The van der Waals surface area contributed by atoms with Crippen LogP contribution in [-0.2, 0) is 4.74 Å². The van der Waals surface area contributed by atoms with Crippen LogP contribution in [-0.4, -0.2) is 28.9 Å². The molecule has 1 fully saturated rings. The molecule has 82 valence electrons. The van der Waals surface area contributed by atoms with Gasteiger partial charge in [0.05, 0.1) is 12.2 Å². The van der Waals surface area contributed by atoms with Crippen LogP contribution in [0, 0.1) is 0 Å². The summed E-state index contributed by atoms with van der Waals surface area (Å²) < 4.78 is 5.48. The highest BCUT2D eigenvalue weighted by Crippen LogP contribution is 2.25. The summed E-state index contributed by atoms with van der Waals surface area (Å²) in [4.78, 5) is 4.26. The zero-order valence-corrected chi connectivity index (χ0v) is 8.97. The Morgan fingerprint density at radius 3 is 3.00 bits per heavy atom. The summed E-state index contributed by atoms with van der Waals surface area (Å²) in [6, 6.07) is 5.78. The van der Waals surface area contributed by atoms with Crippen molar-refractivity contribution in [2.45, 2.75) is 37.9 Å². The van der Waals surface area contributed by atoms with Crippen LogP contribution in [0.5, 0.6) is 0 Å². The largest absolute Gasteiger partial charge is 0.390 e. The minimum absolute atomic E-state index is 0.0120. The molecule has 1 N–H and O–H groups in total. The lowest BCUT2D eigenvalue weighted by atomic mass is 9.94. The second-order valence-corrected chi connectivity index (χ2v) is 4.09. The number of aliphatic hydroxyl groups excluding tert-OH is 1. The van der Waals surface area contributed by atoms with Crippen LogP contribution in [0.4, 0.5) is 0 Å². The highest BCUT2D eigenvalue weighted by Gasteiger charge is 2.29. The van der Waals surface area contributed by atoms with E-state index in [1.807, 2.05) is 25.1 Å². The summed E-state index contributed by atoms with van der Waals surface area (Å²) in [6.45, 7) is 2.77. The quantitative estimate of drug-likeness (QED) is 0.820. The van der Waals surface area contributed by atoms with Gasteiger partial charge < -0.3 is 9.84 Å². The third-order valence-corrected chi connectivity index (χ3v) is 3.01. The average molecular weight is 207 g/mol. The van der Waals surface area contributed by atoms with Gasteiger partial charge in [0.1, 0.15) is 0 Å². The molecule has 0 bridgehead atoms. The molecule has 0 aliphatic carbocycles. The molecule has 1 aliphatic heterocycles. The average Bonchev–Trinajstić information content (AvgIpc) is 2.82. The van der Waals surface area contributed by atoms with E-state index in [0.29, 0.717) is 0 Å². The SMILES string of the molecule is CC(c1ccccn1)C(O)C1CCCO1. The fourth-order valence-corrected chi connectivity index (χ4v) is 2.01. The van der Waals surface area contributed by atoms with Gasteiger partial charge in [-0.15, -0.1) is 0 Å². The molecular formula is C12H17NO2. The van der Waals surface area contributed by atoms with Gasteiger partial charge in [-0.25, -0.2) is 0 Å².